The van der Waals surface area contributed by atoms with Crippen molar-refractivity contribution in [3.05, 3.63) is 83.4 Å². The zero-order valence-corrected chi connectivity index (χ0v) is 20.8. The number of hydrogen-bond acceptors (Lipinski definition) is 5. The number of aromatic nitrogens is 1. The van der Waals surface area contributed by atoms with Gasteiger partial charge < -0.3 is 24.5 Å². The van der Waals surface area contributed by atoms with E-state index in [2.05, 4.69) is 35.9 Å². The molecule has 35 heavy (non-hydrogen) atoms. The van der Waals surface area contributed by atoms with E-state index in [0.29, 0.717) is 22.8 Å². The Morgan fingerprint density at radius 2 is 1.57 bits per heavy atom. The fraction of sp³-hybridized carbons (Fsp3) is 0.276. The van der Waals surface area contributed by atoms with Gasteiger partial charge in [0.15, 0.2) is 17.4 Å². The second-order valence-electron chi connectivity index (χ2n) is 8.37. The van der Waals surface area contributed by atoms with E-state index in [-0.39, 0.29) is 5.88 Å². The quantitative estimate of drug-likeness (QED) is 0.281. The summed E-state index contributed by atoms with van der Waals surface area (Å²) in [6.45, 7) is 7.55. The summed E-state index contributed by atoms with van der Waals surface area (Å²) in [6.07, 6.45) is 1.00. The van der Waals surface area contributed by atoms with Crippen LogP contribution in [0.5, 0.6) is 17.4 Å². The third-order valence-corrected chi connectivity index (χ3v) is 6.36. The van der Waals surface area contributed by atoms with Gasteiger partial charge in [0.2, 0.25) is 0 Å². The highest BCUT2D eigenvalue weighted by molar-refractivity contribution is 6.22. The smallest absolute Gasteiger partial charge is 0.199 e. The Bertz CT molecular complexity index is 1290. The van der Waals surface area contributed by atoms with Gasteiger partial charge in [0.25, 0.3) is 0 Å². The van der Waals surface area contributed by atoms with Crippen LogP contribution in [-0.2, 0) is 6.42 Å². The van der Waals surface area contributed by atoms with Gasteiger partial charge >= 0.3 is 0 Å². The minimum atomic E-state index is 0.0498. The summed E-state index contributed by atoms with van der Waals surface area (Å²) >= 11 is 0. The number of benzene rings is 3. The molecule has 182 valence electrons. The molecule has 0 bridgehead atoms. The third kappa shape index (κ3) is 5.33. The SMILES string of the molecule is CCN(CC)CCc1ccc(N=C(c2ccccc2)c2c(O)[nH]c3cc(OC)c(OC)cc23)cc1. The highest BCUT2D eigenvalue weighted by Gasteiger charge is 2.21. The zero-order chi connectivity index (χ0) is 24.8. The maximum Gasteiger partial charge on any atom is 0.199 e. The van der Waals surface area contributed by atoms with Crippen molar-refractivity contribution in [3.63, 3.8) is 0 Å². The van der Waals surface area contributed by atoms with Gasteiger partial charge in [-0.3, -0.25) is 0 Å². The van der Waals surface area contributed by atoms with Crippen LogP contribution in [0.25, 0.3) is 10.9 Å². The molecule has 6 heteroatoms. The normalized spacial score (nSPS) is 11.9. The molecule has 0 saturated carbocycles. The number of ether oxygens (including phenoxy) is 2. The van der Waals surface area contributed by atoms with Crippen molar-refractivity contribution in [3.8, 4) is 17.4 Å². The van der Waals surface area contributed by atoms with E-state index < -0.39 is 0 Å². The number of hydrogen-bond donors (Lipinski definition) is 2. The molecular weight excluding hydrogens is 438 g/mol. The molecular formula is C29H33N3O3. The predicted molar refractivity (Wildman–Crippen MR) is 143 cm³/mol. The average molecular weight is 472 g/mol. The van der Waals surface area contributed by atoms with Crippen molar-refractivity contribution in [2.24, 2.45) is 4.99 Å². The summed E-state index contributed by atoms with van der Waals surface area (Å²) in [5, 5.41) is 11.8. The number of aromatic amines is 1. The number of aromatic hydroxyl groups is 1. The Kier molecular flexibility index (Phi) is 7.73. The summed E-state index contributed by atoms with van der Waals surface area (Å²) in [6, 6.07) is 21.9. The molecule has 0 amide bonds. The van der Waals surface area contributed by atoms with Gasteiger partial charge in [-0.25, -0.2) is 4.99 Å². The van der Waals surface area contributed by atoms with E-state index in [1.54, 1.807) is 14.2 Å². The number of nitrogens with one attached hydrogen (secondary N) is 1. The van der Waals surface area contributed by atoms with E-state index in [1.165, 1.54) is 5.56 Å². The summed E-state index contributed by atoms with van der Waals surface area (Å²) in [7, 11) is 3.19. The summed E-state index contributed by atoms with van der Waals surface area (Å²) in [4.78, 5) is 10.5. The van der Waals surface area contributed by atoms with E-state index >= 15 is 0 Å². The maximum atomic E-state index is 11.0. The topological polar surface area (TPSA) is 70.1 Å². The zero-order valence-electron chi connectivity index (χ0n) is 20.8. The first-order chi connectivity index (χ1) is 17.1. The van der Waals surface area contributed by atoms with Gasteiger partial charge in [-0.05, 0) is 43.3 Å². The van der Waals surface area contributed by atoms with Crippen LogP contribution < -0.4 is 9.47 Å². The van der Waals surface area contributed by atoms with Gasteiger partial charge in [-0.15, -0.1) is 0 Å². The number of fused-ring (bicyclic) bond motifs is 1. The monoisotopic (exact) mass is 471 g/mol. The summed E-state index contributed by atoms with van der Waals surface area (Å²) in [5.74, 6) is 1.23. The molecule has 0 fully saturated rings. The molecule has 6 nitrogen and oxygen atoms in total. The number of aliphatic imine (C=N–C) groups is 1. The molecule has 0 aliphatic heterocycles. The molecule has 0 aliphatic carbocycles. The lowest BCUT2D eigenvalue weighted by Crippen LogP contribution is -2.25. The fourth-order valence-corrected chi connectivity index (χ4v) is 4.30. The second-order valence-corrected chi connectivity index (χ2v) is 8.37. The van der Waals surface area contributed by atoms with Crippen molar-refractivity contribution < 1.29 is 14.6 Å². The highest BCUT2D eigenvalue weighted by Crippen LogP contribution is 2.38. The third-order valence-electron chi connectivity index (χ3n) is 6.36. The summed E-state index contributed by atoms with van der Waals surface area (Å²) < 4.78 is 11.0. The van der Waals surface area contributed by atoms with Gasteiger partial charge in [0, 0.05) is 23.6 Å². The lowest BCUT2D eigenvalue weighted by Gasteiger charge is -2.17. The molecule has 4 aromatic rings. The van der Waals surface area contributed by atoms with Crippen LogP contribution >= 0.6 is 0 Å². The number of rotatable bonds is 10. The lowest BCUT2D eigenvalue weighted by atomic mass is 10.0. The van der Waals surface area contributed by atoms with E-state index in [1.807, 2.05) is 54.6 Å². The number of nitrogens with zero attached hydrogens (tertiary/aromatic N) is 2. The molecule has 1 aromatic heterocycles. The first-order valence-corrected chi connectivity index (χ1v) is 12.0. The molecule has 0 unspecified atom stereocenters. The van der Waals surface area contributed by atoms with Gasteiger partial charge in [-0.1, -0.05) is 56.3 Å². The van der Waals surface area contributed by atoms with Crippen LogP contribution in [0.15, 0.2) is 71.7 Å². The minimum Gasteiger partial charge on any atom is -0.494 e. The first kappa shape index (κ1) is 24.4. The van der Waals surface area contributed by atoms with Crippen LogP contribution in [0.4, 0.5) is 5.69 Å². The van der Waals surface area contributed by atoms with Gasteiger partial charge in [0.05, 0.1) is 36.7 Å². The van der Waals surface area contributed by atoms with Crippen LogP contribution in [0.3, 0.4) is 0 Å². The van der Waals surface area contributed by atoms with E-state index in [4.69, 9.17) is 14.5 Å². The Labute approximate surface area is 206 Å². The molecule has 0 spiro atoms. The van der Waals surface area contributed by atoms with Crippen LogP contribution in [0.1, 0.15) is 30.5 Å². The Morgan fingerprint density at radius 1 is 0.914 bits per heavy atom. The van der Waals surface area contributed by atoms with E-state index in [9.17, 15) is 5.11 Å². The standard InChI is InChI=1S/C29H33N3O3/c1-5-32(6-2)17-16-20-12-14-22(15-13-20)30-28(21-10-8-7-9-11-21)27-23-18-25(34-3)26(35-4)19-24(23)31-29(27)33/h7-15,18-19,31,33H,5-6,16-17H2,1-4H3. The Morgan fingerprint density at radius 3 is 2.20 bits per heavy atom. The van der Waals surface area contributed by atoms with Crippen LogP contribution in [0, 0.1) is 0 Å². The molecule has 0 aliphatic rings. The van der Waals surface area contributed by atoms with Gasteiger partial charge in [0.1, 0.15) is 0 Å². The highest BCUT2D eigenvalue weighted by atomic mass is 16.5. The minimum absolute atomic E-state index is 0.0498. The van der Waals surface area contributed by atoms with Crippen molar-refractivity contribution in [2.45, 2.75) is 20.3 Å². The molecule has 0 atom stereocenters. The number of likely N-dealkylation sites (N-methyl/N-ethyl adjacent to an activating group) is 1. The van der Waals surface area contributed by atoms with Crippen molar-refractivity contribution in [1.82, 2.24) is 9.88 Å². The molecule has 0 saturated heterocycles. The number of methoxy groups -OCH3 is 2. The molecule has 1 heterocycles. The van der Waals surface area contributed by atoms with Crippen molar-refractivity contribution in [1.29, 1.82) is 0 Å². The van der Waals surface area contributed by atoms with Crippen molar-refractivity contribution in [2.75, 3.05) is 33.9 Å². The molecule has 2 N–H and O–H groups in total. The summed E-state index contributed by atoms with van der Waals surface area (Å²) in [5.41, 5.74) is 5.05. The van der Waals surface area contributed by atoms with Crippen LogP contribution in [0.2, 0.25) is 0 Å². The Hall–Kier alpha value is -3.77. The molecule has 0 radical (unpaired) electrons. The second kappa shape index (κ2) is 11.1. The molecule has 3 aromatic carbocycles. The molecule has 4 rings (SSSR count). The first-order valence-electron chi connectivity index (χ1n) is 12.0. The Balaban J connectivity index is 1.77. The van der Waals surface area contributed by atoms with Crippen molar-refractivity contribution >= 4 is 22.3 Å². The van der Waals surface area contributed by atoms with E-state index in [0.717, 1.165) is 48.2 Å². The lowest BCUT2D eigenvalue weighted by molar-refractivity contribution is 0.308. The predicted octanol–water partition coefficient (Wildman–Crippen LogP) is 5.94. The number of H-pyrrole nitrogens is 1. The van der Waals surface area contributed by atoms with Crippen LogP contribution in [-0.4, -0.2) is 54.6 Å². The maximum absolute atomic E-state index is 11.0. The fourth-order valence-electron chi connectivity index (χ4n) is 4.30. The van der Waals surface area contributed by atoms with Gasteiger partial charge in [-0.2, -0.15) is 0 Å². The largest absolute Gasteiger partial charge is 0.494 e. The average Bonchev–Trinajstić information content (AvgIpc) is 3.22.